The van der Waals surface area contributed by atoms with Gasteiger partial charge in [0.2, 0.25) is 5.91 Å². The number of imide groups is 1. The molecule has 3 fully saturated rings. The number of nitrogens with zero attached hydrogens (tertiary/aromatic N) is 3. The summed E-state index contributed by atoms with van der Waals surface area (Å²) in [6, 6.07) is 7.21. The fourth-order valence-corrected chi connectivity index (χ4v) is 4.59. The Morgan fingerprint density at radius 2 is 1.72 bits per heavy atom. The van der Waals surface area contributed by atoms with E-state index in [0.717, 1.165) is 42.9 Å². The summed E-state index contributed by atoms with van der Waals surface area (Å²) in [4.78, 5) is 43.0. The minimum Gasteiger partial charge on any atom is -0.378 e. The lowest BCUT2D eigenvalue weighted by Crippen LogP contribution is -2.49. The molecule has 2 aliphatic heterocycles. The molecule has 2 saturated heterocycles. The van der Waals surface area contributed by atoms with Gasteiger partial charge in [0.1, 0.15) is 12.1 Å². The Bertz CT molecular complexity index is 782. The Morgan fingerprint density at radius 1 is 1.07 bits per heavy atom. The molecule has 8 nitrogen and oxygen atoms in total. The van der Waals surface area contributed by atoms with Crippen LogP contribution in [0, 0.1) is 0 Å². The number of benzene rings is 1. The quantitative estimate of drug-likeness (QED) is 0.783. The number of ether oxygens (including phenoxy) is 1. The highest BCUT2D eigenvalue weighted by molar-refractivity contribution is 6.10. The average Bonchev–Trinajstić information content (AvgIpc) is 2.92. The molecule has 1 saturated carbocycles. The lowest BCUT2D eigenvalue weighted by molar-refractivity contribution is -0.136. The van der Waals surface area contributed by atoms with Gasteiger partial charge in [0.05, 0.1) is 13.2 Å². The molecule has 3 aliphatic rings. The van der Waals surface area contributed by atoms with E-state index >= 15 is 0 Å². The van der Waals surface area contributed by atoms with E-state index in [0.29, 0.717) is 31.7 Å². The van der Waals surface area contributed by atoms with E-state index < -0.39 is 5.54 Å². The summed E-state index contributed by atoms with van der Waals surface area (Å²) in [5.41, 5.74) is 0.971. The van der Waals surface area contributed by atoms with Gasteiger partial charge in [-0.1, -0.05) is 19.3 Å². The number of likely N-dealkylation sites (N-methyl/N-ethyl adjacent to an activating group) is 1. The lowest BCUT2D eigenvalue weighted by Gasteiger charge is -2.35. The van der Waals surface area contributed by atoms with Gasteiger partial charge in [-0.05, 0) is 37.1 Å². The molecule has 29 heavy (non-hydrogen) atoms. The van der Waals surface area contributed by atoms with Crippen LogP contribution >= 0.6 is 0 Å². The zero-order valence-corrected chi connectivity index (χ0v) is 16.9. The molecule has 1 aliphatic carbocycles. The number of rotatable bonds is 4. The van der Waals surface area contributed by atoms with Crippen LogP contribution in [0.5, 0.6) is 0 Å². The standard InChI is InChI=1S/C21H28N4O4/c1-23-20(28)25(19(27)21(23)9-3-2-4-10-21)15-18(26)22-16-5-7-17(8-6-16)24-11-13-29-14-12-24/h5-8H,2-4,9-15H2,1H3,(H,22,26). The van der Waals surface area contributed by atoms with Gasteiger partial charge in [-0.2, -0.15) is 0 Å². The molecule has 1 spiro atoms. The summed E-state index contributed by atoms with van der Waals surface area (Å²) in [6.07, 6.45) is 4.29. The molecule has 1 aromatic rings. The fourth-order valence-electron chi connectivity index (χ4n) is 4.59. The van der Waals surface area contributed by atoms with Crippen molar-refractivity contribution in [2.75, 3.05) is 50.1 Å². The van der Waals surface area contributed by atoms with Crippen LogP contribution < -0.4 is 10.2 Å². The van der Waals surface area contributed by atoms with Gasteiger partial charge in [0.15, 0.2) is 0 Å². The van der Waals surface area contributed by atoms with Crippen molar-refractivity contribution in [3.8, 4) is 0 Å². The second-order valence-electron chi connectivity index (χ2n) is 8.02. The number of hydrogen-bond donors (Lipinski definition) is 1. The largest absolute Gasteiger partial charge is 0.378 e. The molecule has 0 atom stereocenters. The maximum atomic E-state index is 13.0. The van der Waals surface area contributed by atoms with E-state index in [-0.39, 0.29) is 24.4 Å². The van der Waals surface area contributed by atoms with Gasteiger partial charge in [-0.3, -0.25) is 14.5 Å². The van der Waals surface area contributed by atoms with Crippen molar-refractivity contribution >= 4 is 29.2 Å². The first-order valence-electron chi connectivity index (χ1n) is 10.3. The van der Waals surface area contributed by atoms with E-state index in [1.807, 2.05) is 24.3 Å². The number of carbonyl (C=O) groups is 3. The van der Waals surface area contributed by atoms with Gasteiger partial charge in [-0.15, -0.1) is 0 Å². The minimum absolute atomic E-state index is 0.234. The summed E-state index contributed by atoms with van der Waals surface area (Å²) in [5.74, 6) is -0.602. The highest BCUT2D eigenvalue weighted by atomic mass is 16.5. The van der Waals surface area contributed by atoms with Crippen LogP contribution in [0.2, 0.25) is 0 Å². The van der Waals surface area contributed by atoms with Crippen LogP contribution in [0.4, 0.5) is 16.2 Å². The lowest BCUT2D eigenvalue weighted by atomic mass is 9.81. The predicted molar refractivity (Wildman–Crippen MR) is 109 cm³/mol. The first kappa shape index (κ1) is 19.7. The first-order chi connectivity index (χ1) is 14.0. The molecular formula is C21H28N4O4. The number of urea groups is 1. The minimum atomic E-state index is -0.755. The second-order valence-corrected chi connectivity index (χ2v) is 8.02. The molecular weight excluding hydrogens is 372 g/mol. The summed E-state index contributed by atoms with van der Waals surface area (Å²) >= 11 is 0. The topological polar surface area (TPSA) is 82.2 Å². The number of amides is 4. The molecule has 0 radical (unpaired) electrons. The monoisotopic (exact) mass is 400 g/mol. The van der Waals surface area contributed by atoms with E-state index in [1.54, 1.807) is 11.9 Å². The van der Waals surface area contributed by atoms with Gasteiger partial charge in [0.25, 0.3) is 5.91 Å². The zero-order valence-electron chi connectivity index (χ0n) is 16.9. The Hall–Kier alpha value is -2.61. The van der Waals surface area contributed by atoms with E-state index in [1.165, 1.54) is 0 Å². The van der Waals surface area contributed by atoms with Crippen LogP contribution in [-0.4, -0.2) is 73.1 Å². The predicted octanol–water partition coefficient (Wildman–Crippen LogP) is 2.06. The highest BCUT2D eigenvalue weighted by Crippen LogP contribution is 2.39. The van der Waals surface area contributed by atoms with Crippen molar-refractivity contribution in [1.29, 1.82) is 0 Å². The van der Waals surface area contributed by atoms with Gasteiger partial charge < -0.3 is 19.9 Å². The Kier molecular flexibility index (Phi) is 5.45. The summed E-state index contributed by atoms with van der Waals surface area (Å²) in [5, 5.41) is 2.80. The number of hydrogen-bond acceptors (Lipinski definition) is 5. The normalized spacial score (nSPS) is 21.8. The maximum Gasteiger partial charge on any atom is 0.327 e. The van der Waals surface area contributed by atoms with Gasteiger partial charge >= 0.3 is 6.03 Å². The van der Waals surface area contributed by atoms with Crippen LogP contribution in [-0.2, 0) is 14.3 Å². The molecule has 2 heterocycles. The number of morpholine rings is 1. The molecule has 4 rings (SSSR count). The van der Waals surface area contributed by atoms with Crippen molar-refractivity contribution in [3.05, 3.63) is 24.3 Å². The van der Waals surface area contributed by atoms with Gasteiger partial charge in [0, 0.05) is 31.5 Å². The van der Waals surface area contributed by atoms with E-state index in [2.05, 4.69) is 10.2 Å². The van der Waals surface area contributed by atoms with Crippen molar-refractivity contribution in [3.63, 3.8) is 0 Å². The smallest absolute Gasteiger partial charge is 0.327 e. The number of nitrogens with one attached hydrogen (secondary N) is 1. The summed E-state index contributed by atoms with van der Waals surface area (Å²) in [6.45, 7) is 2.87. The molecule has 0 bridgehead atoms. The number of anilines is 2. The van der Waals surface area contributed by atoms with Crippen molar-refractivity contribution in [2.45, 2.75) is 37.6 Å². The van der Waals surface area contributed by atoms with Crippen LogP contribution in [0.25, 0.3) is 0 Å². The Labute approximate surface area is 170 Å². The third kappa shape index (κ3) is 3.69. The van der Waals surface area contributed by atoms with Crippen LogP contribution in [0.3, 0.4) is 0 Å². The SMILES string of the molecule is CN1C(=O)N(CC(=O)Nc2ccc(N3CCOCC3)cc2)C(=O)C12CCCCC2. The average molecular weight is 400 g/mol. The molecule has 1 N–H and O–H groups in total. The molecule has 156 valence electrons. The maximum absolute atomic E-state index is 13.0. The zero-order chi connectivity index (χ0) is 20.4. The third-order valence-electron chi connectivity index (χ3n) is 6.31. The molecule has 4 amide bonds. The Morgan fingerprint density at radius 3 is 2.38 bits per heavy atom. The molecule has 8 heteroatoms. The van der Waals surface area contributed by atoms with Crippen molar-refractivity contribution in [2.24, 2.45) is 0 Å². The van der Waals surface area contributed by atoms with Crippen LogP contribution in [0.15, 0.2) is 24.3 Å². The first-order valence-corrected chi connectivity index (χ1v) is 10.3. The van der Waals surface area contributed by atoms with Crippen LogP contribution in [0.1, 0.15) is 32.1 Å². The fraction of sp³-hybridized carbons (Fsp3) is 0.571. The van der Waals surface area contributed by atoms with E-state index in [9.17, 15) is 14.4 Å². The van der Waals surface area contributed by atoms with Crippen molar-refractivity contribution in [1.82, 2.24) is 9.80 Å². The Balaban J connectivity index is 1.38. The number of carbonyl (C=O) groups excluding carboxylic acids is 3. The highest BCUT2D eigenvalue weighted by Gasteiger charge is 2.55. The molecule has 0 aromatic heterocycles. The second kappa shape index (κ2) is 8.02. The van der Waals surface area contributed by atoms with E-state index in [4.69, 9.17) is 4.74 Å². The summed E-state index contributed by atoms with van der Waals surface area (Å²) in [7, 11) is 1.67. The van der Waals surface area contributed by atoms with Crippen molar-refractivity contribution < 1.29 is 19.1 Å². The molecule has 1 aromatic carbocycles. The summed E-state index contributed by atoms with van der Waals surface area (Å²) < 4.78 is 5.37. The molecule has 0 unspecified atom stereocenters. The third-order valence-corrected chi connectivity index (χ3v) is 6.31. The van der Waals surface area contributed by atoms with Gasteiger partial charge in [-0.25, -0.2) is 4.79 Å².